The van der Waals surface area contributed by atoms with Gasteiger partial charge in [0.05, 0.1) is 21.5 Å². The van der Waals surface area contributed by atoms with Gasteiger partial charge in [0.25, 0.3) is 0 Å². The van der Waals surface area contributed by atoms with Crippen molar-refractivity contribution in [2.24, 2.45) is 22.7 Å². The summed E-state index contributed by atoms with van der Waals surface area (Å²) in [6, 6.07) is 0. The summed E-state index contributed by atoms with van der Waals surface area (Å²) in [4.78, 5) is 43.3. The number of carboxylic acids is 1. The van der Waals surface area contributed by atoms with Crippen LogP contribution in [0.5, 0.6) is 0 Å². The molecule has 30 heavy (non-hydrogen) atoms. The van der Waals surface area contributed by atoms with Crippen molar-refractivity contribution in [2.75, 3.05) is 5.75 Å². The maximum atomic E-state index is 12.5. The first kappa shape index (κ1) is 25.2. The first-order valence-electron chi connectivity index (χ1n) is 9.60. The molecule has 6 nitrogen and oxygen atoms in total. The van der Waals surface area contributed by atoms with Crippen LogP contribution in [0.3, 0.4) is 0 Å². The third-order valence-corrected chi connectivity index (χ3v) is 7.98. The van der Waals surface area contributed by atoms with Crippen molar-refractivity contribution in [1.82, 2.24) is 4.98 Å². The van der Waals surface area contributed by atoms with Crippen LogP contribution in [0.25, 0.3) is 0 Å². The number of nitrogens with one attached hydrogen (secondary N) is 1. The first-order valence-corrected chi connectivity index (χ1v) is 11.7. The lowest BCUT2D eigenvalue weighted by atomic mass is 9.86. The number of ketones is 2. The molecular weight excluding hydrogens is 471 g/mol. The number of hydrogen-bond donors (Lipinski definition) is 2. The largest absolute Gasteiger partial charge is 0.479 e. The highest BCUT2D eigenvalue weighted by molar-refractivity contribution is 8.14. The molecule has 0 saturated carbocycles. The summed E-state index contributed by atoms with van der Waals surface area (Å²) in [5, 5.41) is 10.3. The van der Waals surface area contributed by atoms with E-state index in [-0.39, 0.29) is 50.9 Å². The summed E-state index contributed by atoms with van der Waals surface area (Å²) in [5.41, 5.74) is -1.02. The van der Waals surface area contributed by atoms with Gasteiger partial charge in [0, 0.05) is 17.6 Å². The van der Waals surface area contributed by atoms with Gasteiger partial charge in [-0.05, 0) is 25.7 Å². The Morgan fingerprint density at radius 3 is 2.30 bits per heavy atom. The SMILES string of the molecule is CC(CC(C)C(=O)CC(=O)c1[nH]c(Cl)c(Cl)c1Cl)CC(C)C1=NC(C)(C(=O)O)CS1. The molecule has 0 fully saturated rings. The van der Waals surface area contributed by atoms with Gasteiger partial charge in [-0.25, -0.2) is 4.79 Å². The zero-order chi connectivity index (χ0) is 22.8. The smallest absolute Gasteiger partial charge is 0.332 e. The number of aromatic nitrogens is 1. The van der Waals surface area contributed by atoms with Crippen LogP contribution < -0.4 is 0 Å². The number of Topliss-reactive ketones (excluding diaryl/α,β-unsaturated/α-hetero) is 2. The second-order valence-electron chi connectivity index (χ2n) is 8.20. The number of rotatable bonds is 10. The normalized spacial score (nSPS) is 21.8. The summed E-state index contributed by atoms with van der Waals surface area (Å²) in [6.07, 6.45) is 1.11. The highest BCUT2D eigenvalue weighted by Crippen LogP contribution is 2.35. The molecule has 1 aliphatic rings. The van der Waals surface area contributed by atoms with Gasteiger partial charge in [0.1, 0.15) is 16.6 Å². The van der Waals surface area contributed by atoms with Gasteiger partial charge in [-0.1, -0.05) is 55.6 Å². The molecule has 166 valence electrons. The Kier molecular flexibility index (Phi) is 8.47. The molecule has 4 unspecified atom stereocenters. The van der Waals surface area contributed by atoms with Crippen LogP contribution in [0, 0.1) is 17.8 Å². The minimum absolute atomic E-state index is 0.0255. The number of nitrogens with zero attached hydrogens (tertiary/aromatic N) is 1. The molecule has 0 amide bonds. The fraction of sp³-hybridized carbons (Fsp3) is 0.600. The Bertz CT molecular complexity index is 886. The second kappa shape index (κ2) is 10.1. The third-order valence-electron chi connectivity index (χ3n) is 5.26. The van der Waals surface area contributed by atoms with E-state index in [0.29, 0.717) is 12.2 Å². The highest BCUT2D eigenvalue weighted by atomic mass is 35.5. The van der Waals surface area contributed by atoms with E-state index in [9.17, 15) is 19.5 Å². The van der Waals surface area contributed by atoms with Crippen LogP contribution in [-0.4, -0.2) is 44.0 Å². The number of aromatic amines is 1. The van der Waals surface area contributed by atoms with Gasteiger partial charge in [0.2, 0.25) is 0 Å². The zero-order valence-electron chi connectivity index (χ0n) is 17.2. The molecule has 1 aromatic heterocycles. The number of carbonyl (C=O) groups excluding carboxylic acids is 2. The second-order valence-corrected chi connectivity index (χ2v) is 10.3. The van der Waals surface area contributed by atoms with E-state index in [1.807, 2.05) is 13.8 Å². The Labute approximate surface area is 195 Å². The van der Waals surface area contributed by atoms with Crippen molar-refractivity contribution in [2.45, 2.75) is 52.5 Å². The van der Waals surface area contributed by atoms with Crippen molar-refractivity contribution < 1.29 is 19.5 Å². The van der Waals surface area contributed by atoms with E-state index in [4.69, 9.17) is 34.8 Å². The van der Waals surface area contributed by atoms with Crippen molar-refractivity contribution in [3.8, 4) is 0 Å². The summed E-state index contributed by atoms with van der Waals surface area (Å²) in [7, 11) is 0. The number of hydrogen-bond acceptors (Lipinski definition) is 5. The maximum absolute atomic E-state index is 12.5. The number of thioether (sulfide) groups is 1. The Morgan fingerprint density at radius 1 is 1.17 bits per heavy atom. The summed E-state index contributed by atoms with van der Waals surface area (Å²) in [5.74, 6) is -1.11. The van der Waals surface area contributed by atoms with E-state index in [0.717, 1.165) is 11.5 Å². The number of carbonyl (C=O) groups is 3. The van der Waals surface area contributed by atoms with Crippen LogP contribution in [-0.2, 0) is 9.59 Å². The molecule has 1 aliphatic heterocycles. The molecule has 0 bridgehead atoms. The average Bonchev–Trinajstić information content (AvgIpc) is 3.18. The van der Waals surface area contributed by atoms with Crippen LogP contribution in [0.15, 0.2) is 4.99 Å². The summed E-state index contributed by atoms with van der Waals surface area (Å²) >= 11 is 19.2. The van der Waals surface area contributed by atoms with E-state index < -0.39 is 17.3 Å². The standard InChI is InChI=1S/C20H25Cl3N2O4S/c1-9(6-11(3)18-25-20(4,8-30-18)19(28)29)5-10(2)12(26)7-13(27)16-14(21)15(22)17(23)24-16/h9-11,24H,5-8H2,1-4H3,(H,28,29). The van der Waals surface area contributed by atoms with Gasteiger partial charge in [0.15, 0.2) is 11.3 Å². The molecule has 2 heterocycles. The third kappa shape index (κ3) is 5.81. The molecule has 10 heteroatoms. The van der Waals surface area contributed by atoms with Crippen molar-refractivity contribution in [3.63, 3.8) is 0 Å². The molecule has 0 radical (unpaired) electrons. The van der Waals surface area contributed by atoms with Crippen molar-refractivity contribution >= 4 is 69.1 Å². The van der Waals surface area contributed by atoms with Crippen molar-refractivity contribution in [1.29, 1.82) is 0 Å². The fourth-order valence-corrected chi connectivity index (χ4v) is 5.35. The number of aliphatic imine (C=N–C) groups is 1. The predicted octanol–water partition coefficient (Wildman–Crippen LogP) is 5.79. The molecule has 0 saturated heterocycles. The molecule has 2 rings (SSSR count). The molecule has 2 N–H and O–H groups in total. The molecule has 0 spiro atoms. The lowest BCUT2D eigenvalue weighted by molar-refractivity contribution is -0.141. The molecular formula is C20H25Cl3N2O4S. The molecule has 0 aromatic carbocycles. The van der Waals surface area contributed by atoms with Gasteiger partial charge in [-0.15, -0.1) is 11.8 Å². The summed E-state index contributed by atoms with van der Waals surface area (Å²) < 4.78 is 0. The van der Waals surface area contributed by atoms with Gasteiger partial charge < -0.3 is 10.1 Å². The average molecular weight is 496 g/mol. The molecule has 1 aromatic rings. The van der Waals surface area contributed by atoms with Gasteiger partial charge >= 0.3 is 5.97 Å². The minimum Gasteiger partial charge on any atom is -0.479 e. The Hall–Kier alpha value is -1.02. The molecule has 0 aliphatic carbocycles. The van der Waals surface area contributed by atoms with Crippen LogP contribution in [0.4, 0.5) is 0 Å². The monoisotopic (exact) mass is 494 g/mol. The lowest BCUT2D eigenvalue weighted by Gasteiger charge is -2.20. The Balaban J connectivity index is 1.89. The van der Waals surface area contributed by atoms with Crippen LogP contribution in [0.1, 0.15) is 57.4 Å². The first-order chi connectivity index (χ1) is 13.9. The number of H-pyrrole nitrogens is 1. The van der Waals surface area contributed by atoms with E-state index in [1.165, 1.54) is 11.8 Å². The maximum Gasteiger partial charge on any atom is 0.332 e. The van der Waals surface area contributed by atoms with Crippen LogP contribution in [0.2, 0.25) is 15.2 Å². The Morgan fingerprint density at radius 2 is 1.80 bits per heavy atom. The quantitative estimate of drug-likeness (QED) is 0.316. The predicted molar refractivity (Wildman–Crippen MR) is 122 cm³/mol. The number of halogens is 3. The fourth-order valence-electron chi connectivity index (χ4n) is 3.46. The van der Waals surface area contributed by atoms with Crippen molar-refractivity contribution in [3.05, 3.63) is 20.9 Å². The van der Waals surface area contributed by atoms with E-state index >= 15 is 0 Å². The zero-order valence-corrected chi connectivity index (χ0v) is 20.3. The number of carboxylic acid groups (broad SMARTS) is 1. The van der Waals surface area contributed by atoms with Gasteiger partial charge in [-0.2, -0.15) is 0 Å². The molecule has 4 atom stereocenters. The van der Waals surface area contributed by atoms with Crippen LogP contribution >= 0.6 is 46.6 Å². The topological polar surface area (TPSA) is 99.6 Å². The van der Waals surface area contributed by atoms with Gasteiger partial charge in [-0.3, -0.25) is 14.6 Å². The number of aliphatic carboxylic acids is 1. The lowest BCUT2D eigenvalue weighted by Crippen LogP contribution is -2.33. The van der Waals surface area contributed by atoms with E-state index in [1.54, 1.807) is 13.8 Å². The van der Waals surface area contributed by atoms with E-state index in [2.05, 4.69) is 9.98 Å². The summed E-state index contributed by atoms with van der Waals surface area (Å²) in [6.45, 7) is 7.49. The minimum atomic E-state index is -1.06. The highest BCUT2D eigenvalue weighted by Gasteiger charge is 2.39.